The van der Waals surface area contributed by atoms with Gasteiger partial charge in [-0.1, -0.05) is 49.6 Å². The molecule has 1 saturated carbocycles. The SMILES string of the molecule is O=C(O)N(Cc1ccccc1)c1ccc(S(=O)(=O)NC2CCCCC2)cc1. The first-order valence-corrected chi connectivity index (χ1v) is 10.6. The number of hydrogen-bond acceptors (Lipinski definition) is 3. The number of carboxylic acid groups (broad SMARTS) is 1. The Morgan fingerprint density at radius 3 is 2.22 bits per heavy atom. The van der Waals surface area contributed by atoms with Gasteiger partial charge in [-0.15, -0.1) is 0 Å². The maximum absolute atomic E-state index is 12.6. The molecule has 1 fully saturated rings. The van der Waals surface area contributed by atoms with Gasteiger partial charge in [-0.3, -0.25) is 4.90 Å². The van der Waals surface area contributed by atoms with E-state index in [1.54, 1.807) is 0 Å². The smallest absolute Gasteiger partial charge is 0.412 e. The number of nitrogens with zero attached hydrogens (tertiary/aromatic N) is 1. The Labute approximate surface area is 159 Å². The van der Waals surface area contributed by atoms with E-state index in [0.717, 1.165) is 37.7 Å². The number of sulfonamides is 1. The molecule has 3 rings (SSSR count). The summed E-state index contributed by atoms with van der Waals surface area (Å²) in [4.78, 5) is 13.0. The maximum atomic E-state index is 12.6. The molecule has 2 aromatic carbocycles. The van der Waals surface area contributed by atoms with Gasteiger partial charge < -0.3 is 5.11 Å². The monoisotopic (exact) mass is 388 g/mol. The van der Waals surface area contributed by atoms with E-state index < -0.39 is 16.1 Å². The zero-order valence-electron chi connectivity index (χ0n) is 15.0. The average Bonchev–Trinajstić information content (AvgIpc) is 2.67. The molecule has 27 heavy (non-hydrogen) atoms. The molecule has 144 valence electrons. The first-order chi connectivity index (χ1) is 13.0. The van der Waals surface area contributed by atoms with Gasteiger partial charge >= 0.3 is 6.09 Å². The van der Waals surface area contributed by atoms with Crippen LogP contribution in [0.25, 0.3) is 0 Å². The van der Waals surface area contributed by atoms with Crippen molar-refractivity contribution in [3.63, 3.8) is 0 Å². The molecule has 0 spiro atoms. The quantitative estimate of drug-likeness (QED) is 0.784. The lowest BCUT2D eigenvalue weighted by atomic mass is 9.96. The van der Waals surface area contributed by atoms with Gasteiger partial charge in [-0.2, -0.15) is 0 Å². The van der Waals surface area contributed by atoms with Crippen molar-refractivity contribution in [1.29, 1.82) is 0 Å². The molecule has 1 aliphatic rings. The van der Waals surface area contributed by atoms with Crippen molar-refractivity contribution in [1.82, 2.24) is 4.72 Å². The molecule has 0 saturated heterocycles. The number of hydrogen-bond donors (Lipinski definition) is 2. The first-order valence-electron chi connectivity index (χ1n) is 9.12. The number of benzene rings is 2. The van der Waals surface area contributed by atoms with E-state index >= 15 is 0 Å². The fourth-order valence-corrected chi connectivity index (χ4v) is 4.65. The third kappa shape index (κ3) is 5.08. The van der Waals surface area contributed by atoms with E-state index in [1.165, 1.54) is 29.2 Å². The van der Waals surface area contributed by atoms with Crippen LogP contribution in [0.4, 0.5) is 10.5 Å². The van der Waals surface area contributed by atoms with Crippen LogP contribution in [0.3, 0.4) is 0 Å². The van der Waals surface area contributed by atoms with Crippen molar-refractivity contribution in [3.8, 4) is 0 Å². The van der Waals surface area contributed by atoms with E-state index in [1.807, 2.05) is 30.3 Å². The van der Waals surface area contributed by atoms with Crippen molar-refractivity contribution in [2.75, 3.05) is 4.90 Å². The highest BCUT2D eigenvalue weighted by atomic mass is 32.2. The van der Waals surface area contributed by atoms with Crippen LogP contribution in [0.15, 0.2) is 59.5 Å². The van der Waals surface area contributed by atoms with Gasteiger partial charge in [0.25, 0.3) is 0 Å². The molecular weight excluding hydrogens is 364 g/mol. The zero-order chi connectivity index (χ0) is 19.3. The van der Waals surface area contributed by atoms with Crippen molar-refractivity contribution in [2.24, 2.45) is 0 Å². The minimum absolute atomic E-state index is 0.0166. The standard InChI is InChI=1S/C20H24N2O4S/c23-20(24)22(15-16-7-3-1-4-8-16)18-11-13-19(14-12-18)27(25,26)21-17-9-5-2-6-10-17/h1,3-4,7-8,11-14,17,21H,2,5-6,9-10,15H2,(H,23,24). The summed E-state index contributed by atoms with van der Waals surface area (Å²) in [7, 11) is -3.60. The Morgan fingerprint density at radius 2 is 1.63 bits per heavy atom. The Bertz CT molecular complexity index is 861. The first kappa shape index (κ1) is 19.4. The molecule has 0 heterocycles. The van der Waals surface area contributed by atoms with Crippen LogP contribution in [-0.4, -0.2) is 25.7 Å². The van der Waals surface area contributed by atoms with Gasteiger partial charge in [0.2, 0.25) is 10.0 Å². The summed E-state index contributed by atoms with van der Waals surface area (Å²) in [5.41, 5.74) is 1.29. The molecule has 0 radical (unpaired) electrons. The summed E-state index contributed by atoms with van der Waals surface area (Å²) in [6, 6.07) is 15.2. The molecule has 2 N–H and O–H groups in total. The highest BCUT2D eigenvalue weighted by Gasteiger charge is 2.22. The number of nitrogens with one attached hydrogen (secondary N) is 1. The van der Waals surface area contributed by atoms with E-state index in [2.05, 4.69) is 4.72 Å². The van der Waals surface area contributed by atoms with Crippen LogP contribution in [0, 0.1) is 0 Å². The zero-order valence-corrected chi connectivity index (χ0v) is 15.9. The molecule has 0 aliphatic heterocycles. The second-order valence-corrected chi connectivity index (χ2v) is 8.52. The highest BCUT2D eigenvalue weighted by Crippen LogP contribution is 2.23. The largest absolute Gasteiger partial charge is 0.465 e. The fourth-order valence-electron chi connectivity index (χ4n) is 3.35. The van der Waals surface area contributed by atoms with Crippen LogP contribution < -0.4 is 9.62 Å². The molecule has 1 amide bonds. The number of carbonyl (C=O) groups is 1. The molecule has 0 atom stereocenters. The predicted molar refractivity (Wildman–Crippen MR) is 104 cm³/mol. The van der Waals surface area contributed by atoms with Crippen molar-refractivity contribution >= 4 is 21.8 Å². The fraction of sp³-hybridized carbons (Fsp3) is 0.350. The van der Waals surface area contributed by atoms with Gasteiger partial charge in [0.1, 0.15) is 0 Å². The van der Waals surface area contributed by atoms with Gasteiger partial charge in [0.15, 0.2) is 0 Å². The van der Waals surface area contributed by atoms with E-state index in [9.17, 15) is 18.3 Å². The maximum Gasteiger partial charge on any atom is 0.412 e. The Hall–Kier alpha value is -2.38. The second kappa shape index (κ2) is 8.54. The predicted octanol–water partition coefficient (Wildman–Crippen LogP) is 3.98. The van der Waals surface area contributed by atoms with Crippen molar-refractivity contribution in [3.05, 3.63) is 60.2 Å². The van der Waals surface area contributed by atoms with Gasteiger partial charge in [-0.05, 0) is 42.7 Å². The number of amides is 1. The van der Waals surface area contributed by atoms with Crippen LogP contribution in [0.2, 0.25) is 0 Å². The van der Waals surface area contributed by atoms with Crippen molar-refractivity contribution < 1.29 is 18.3 Å². The lowest BCUT2D eigenvalue weighted by molar-refractivity contribution is 0.201. The lowest BCUT2D eigenvalue weighted by Crippen LogP contribution is -2.36. The molecular formula is C20H24N2O4S. The van der Waals surface area contributed by atoms with E-state index in [0.29, 0.717) is 5.69 Å². The lowest BCUT2D eigenvalue weighted by Gasteiger charge is -2.23. The van der Waals surface area contributed by atoms with Crippen molar-refractivity contribution in [2.45, 2.75) is 49.6 Å². The van der Waals surface area contributed by atoms with Gasteiger partial charge in [0.05, 0.1) is 11.4 Å². The average molecular weight is 388 g/mol. The third-order valence-electron chi connectivity index (χ3n) is 4.80. The molecule has 2 aromatic rings. The minimum Gasteiger partial charge on any atom is -0.465 e. The second-order valence-electron chi connectivity index (χ2n) is 6.80. The Morgan fingerprint density at radius 1 is 1.00 bits per heavy atom. The van der Waals surface area contributed by atoms with Gasteiger partial charge in [0, 0.05) is 11.7 Å². The molecule has 6 nitrogen and oxygen atoms in total. The van der Waals surface area contributed by atoms with Crippen LogP contribution >= 0.6 is 0 Å². The Balaban J connectivity index is 1.75. The summed E-state index contributed by atoms with van der Waals surface area (Å²) in [5, 5.41) is 9.53. The van der Waals surface area contributed by atoms with Crippen LogP contribution in [0.1, 0.15) is 37.7 Å². The summed E-state index contributed by atoms with van der Waals surface area (Å²) in [6.45, 7) is 0.197. The topological polar surface area (TPSA) is 86.7 Å². The minimum atomic E-state index is -3.60. The number of rotatable bonds is 6. The summed E-state index contributed by atoms with van der Waals surface area (Å²) < 4.78 is 27.9. The molecule has 0 bridgehead atoms. The summed E-state index contributed by atoms with van der Waals surface area (Å²) in [5.74, 6) is 0. The van der Waals surface area contributed by atoms with E-state index in [-0.39, 0.29) is 17.5 Å². The Kier molecular flexibility index (Phi) is 6.13. The normalized spacial score (nSPS) is 15.4. The van der Waals surface area contributed by atoms with Gasteiger partial charge in [-0.25, -0.2) is 17.9 Å². The van der Waals surface area contributed by atoms with Crippen LogP contribution in [0.5, 0.6) is 0 Å². The van der Waals surface area contributed by atoms with Crippen LogP contribution in [-0.2, 0) is 16.6 Å². The molecule has 7 heteroatoms. The summed E-state index contributed by atoms with van der Waals surface area (Å²) in [6.07, 6.45) is 3.87. The summed E-state index contributed by atoms with van der Waals surface area (Å²) >= 11 is 0. The molecule has 1 aliphatic carbocycles. The highest BCUT2D eigenvalue weighted by molar-refractivity contribution is 7.89. The van der Waals surface area contributed by atoms with E-state index in [4.69, 9.17) is 0 Å². The molecule has 0 aromatic heterocycles. The molecule has 0 unspecified atom stereocenters. The third-order valence-corrected chi connectivity index (χ3v) is 6.34. The number of anilines is 1.